The van der Waals surface area contributed by atoms with Gasteiger partial charge >= 0.3 is 5.97 Å². The first kappa shape index (κ1) is 13.7. The maximum atomic E-state index is 11.9. The van der Waals surface area contributed by atoms with Crippen molar-refractivity contribution >= 4 is 17.6 Å². The van der Waals surface area contributed by atoms with Crippen molar-refractivity contribution in [3.63, 3.8) is 0 Å². The third kappa shape index (κ3) is 2.99. The third-order valence-electron chi connectivity index (χ3n) is 2.98. The molecule has 3 nitrogen and oxygen atoms in total. The molecular weight excluding hydrogens is 262 g/mol. The first-order valence-electron chi connectivity index (χ1n) is 6.20. The zero-order chi connectivity index (χ0) is 13.8. The van der Waals surface area contributed by atoms with Crippen LogP contribution in [0.4, 0.5) is 0 Å². The first-order valence-corrected chi connectivity index (χ1v) is 6.58. The lowest BCUT2D eigenvalue weighted by Crippen LogP contribution is -2.08. The Bertz CT molecular complexity index is 590. The monoisotopic (exact) mass is 277 g/mol. The molecule has 0 aliphatic carbocycles. The van der Waals surface area contributed by atoms with Gasteiger partial charge in [0.15, 0.2) is 0 Å². The van der Waals surface area contributed by atoms with Crippen LogP contribution in [0.2, 0.25) is 5.02 Å². The van der Waals surface area contributed by atoms with E-state index in [1.165, 1.54) is 0 Å². The third-order valence-corrected chi connectivity index (χ3v) is 3.35. The fourth-order valence-electron chi connectivity index (χ4n) is 2.05. The van der Waals surface area contributed by atoms with Crippen LogP contribution in [-0.2, 0) is 11.2 Å². The van der Waals surface area contributed by atoms with Crippen molar-refractivity contribution in [3.8, 4) is 0 Å². The van der Waals surface area contributed by atoms with Gasteiger partial charge in [-0.05, 0) is 31.0 Å². The molecule has 0 atom stereocenters. The zero-order valence-corrected chi connectivity index (χ0v) is 11.8. The number of aryl methyl sites for hydroxylation is 1. The van der Waals surface area contributed by atoms with Crippen molar-refractivity contribution in [1.82, 2.24) is 4.98 Å². The smallest absolute Gasteiger partial charge is 0.340 e. The lowest BCUT2D eigenvalue weighted by atomic mass is 10.0. The highest BCUT2D eigenvalue weighted by Crippen LogP contribution is 2.23. The Morgan fingerprint density at radius 1 is 1.32 bits per heavy atom. The molecule has 0 aliphatic rings. The molecule has 1 aromatic heterocycles. The molecule has 0 saturated carbocycles. The number of aromatic nitrogens is 1. The number of carbonyl (C=O) groups is 1. The summed E-state index contributed by atoms with van der Waals surface area (Å²) in [7, 11) is 0. The number of halogens is 1. The summed E-state index contributed by atoms with van der Waals surface area (Å²) in [5, 5.41) is 0.705. The van der Waals surface area contributed by atoms with Gasteiger partial charge < -0.3 is 9.72 Å². The normalized spacial score (nSPS) is 10.5. The molecule has 0 unspecified atom stereocenters. The molecule has 0 radical (unpaired) electrons. The van der Waals surface area contributed by atoms with Gasteiger partial charge in [-0.15, -0.1) is 0 Å². The van der Waals surface area contributed by atoms with Crippen LogP contribution in [0.1, 0.15) is 34.1 Å². The average molecular weight is 278 g/mol. The van der Waals surface area contributed by atoms with E-state index in [9.17, 15) is 4.79 Å². The van der Waals surface area contributed by atoms with Gasteiger partial charge in [0.1, 0.15) is 0 Å². The minimum Gasteiger partial charge on any atom is -0.462 e. The van der Waals surface area contributed by atoms with E-state index in [1.54, 1.807) is 6.92 Å². The van der Waals surface area contributed by atoms with Crippen LogP contribution in [0.5, 0.6) is 0 Å². The molecule has 0 amide bonds. The second-order valence-corrected chi connectivity index (χ2v) is 4.71. The minimum atomic E-state index is -0.289. The number of ether oxygens (including phenoxy) is 1. The Hall–Kier alpha value is -1.74. The predicted octanol–water partition coefficient (Wildman–Crippen LogP) is 3.74. The number of carbonyl (C=O) groups excluding carboxylic acids is 1. The Balaban J connectivity index is 2.31. The molecule has 1 N–H and O–H groups in total. The van der Waals surface area contributed by atoms with Crippen molar-refractivity contribution < 1.29 is 9.53 Å². The van der Waals surface area contributed by atoms with Crippen LogP contribution in [-0.4, -0.2) is 17.6 Å². The molecule has 1 aromatic carbocycles. The Kier molecular flexibility index (Phi) is 4.27. The highest BCUT2D eigenvalue weighted by molar-refractivity contribution is 6.31. The summed E-state index contributed by atoms with van der Waals surface area (Å²) in [6.45, 7) is 4.03. The largest absolute Gasteiger partial charge is 0.462 e. The van der Waals surface area contributed by atoms with Crippen LogP contribution in [0.3, 0.4) is 0 Å². The maximum Gasteiger partial charge on any atom is 0.340 e. The molecule has 2 aromatic rings. The number of benzene rings is 1. The van der Waals surface area contributed by atoms with Crippen LogP contribution in [0.25, 0.3) is 0 Å². The molecule has 0 spiro atoms. The van der Waals surface area contributed by atoms with E-state index in [0.29, 0.717) is 23.6 Å². The van der Waals surface area contributed by atoms with Crippen molar-refractivity contribution in [2.75, 3.05) is 6.61 Å². The number of esters is 1. The summed E-state index contributed by atoms with van der Waals surface area (Å²) in [6.07, 6.45) is 2.45. The summed E-state index contributed by atoms with van der Waals surface area (Å²) in [6, 6.07) is 7.63. The molecular formula is C15H16ClNO2. The van der Waals surface area contributed by atoms with Crippen LogP contribution < -0.4 is 0 Å². The fourth-order valence-corrected chi connectivity index (χ4v) is 2.26. The van der Waals surface area contributed by atoms with Gasteiger partial charge in [0.25, 0.3) is 0 Å². The quantitative estimate of drug-likeness (QED) is 0.865. The van der Waals surface area contributed by atoms with E-state index in [0.717, 1.165) is 16.8 Å². The number of aromatic amines is 1. The van der Waals surface area contributed by atoms with Gasteiger partial charge in [-0.2, -0.15) is 0 Å². The number of rotatable bonds is 4. The standard InChI is InChI=1S/C15H16ClNO2/c1-3-19-15(18)14-10(2)17-9-12(14)8-11-6-4-5-7-13(11)16/h4-7,9,17H,3,8H2,1-2H3. The maximum absolute atomic E-state index is 11.9. The zero-order valence-electron chi connectivity index (χ0n) is 11.0. The molecule has 19 heavy (non-hydrogen) atoms. The highest BCUT2D eigenvalue weighted by Gasteiger charge is 2.18. The number of hydrogen-bond acceptors (Lipinski definition) is 2. The van der Waals surface area contributed by atoms with Gasteiger partial charge in [-0.25, -0.2) is 4.79 Å². The van der Waals surface area contributed by atoms with Gasteiger partial charge in [-0.1, -0.05) is 29.8 Å². The Labute approximate surface area is 117 Å². The van der Waals surface area contributed by atoms with E-state index in [1.807, 2.05) is 37.4 Å². The molecule has 1 heterocycles. The topological polar surface area (TPSA) is 42.1 Å². The van der Waals surface area contributed by atoms with Crippen molar-refractivity contribution in [2.24, 2.45) is 0 Å². The van der Waals surface area contributed by atoms with E-state index in [2.05, 4.69) is 4.98 Å². The van der Waals surface area contributed by atoms with E-state index in [4.69, 9.17) is 16.3 Å². The van der Waals surface area contributed by atoms with Crippen molar-refractivity contribution in [2.45, 2.75) is 20.3 Å². The molecule has 2 rings (SSSR count). The average Bonchev–Trinajstić information content (AvgIpc) is 2.74. The summed E-state index contributed by atoms with van der Waals surface area (Å²) < 4.78 is 5.08. The fraction of sp³-hybridized carbons (Fsp3) is 0.267. The lowest BCUT2D eigenvalue weighted by Gasteiger charge is -2.06. The highest BCUT2D eigenvalue weighted by atomic mass is 35.5. The van der Waals surface area contributed by atoms with Crippen LogP contribution >= 0.6 is 11.6 Å². The summed E-state index contributed by atoms with van der Waals surface area (Å²) in [4.78, 5) is 15.0. The molecule has 0 bridgehead atoms. The lowest BCUT2D eigenvalue weighted by molar-refractivity contribution is 0.0524. The minimum absolute atomic E-state index is 0.289. The second-order valence-electron chi connectivity index (χ2n) is 4.30. The predicted molar refractivity (Wildman–Crippen MR) is 75.7 cm³/mol. The Morgan fingerprint density at radius 3 is 2.74 bits per heavy atom. The number of nitrogens with one attached hydrogen (secondary N) is 1. The van der Waals surface area contributed by atoms with E-state index < -0.39 is 0 Å². The van der Waals surface area contributed by atoms with Crippen LogP contribution in [0.15, 0.2) is 30.5 Å². The van der Waals surface area contributed by atoms with Crippen molar-refractivity contribution in [3.05, 3.63) is 57.9 Å². The molecule has 100 valence electrons. The van der Waals surface area contributed by atoms with Gasteiger partial charge in [0, 0.05) is 23.3 Å². The molecule has 0 fully saturated rings. The molecule has 0 saturated heterocycles. The number of H-pyrrole nitrogens is 1. The van der Waals surface area contributed by atoms with Gasteiger partial charge in [0.05, 0.1) is 12.2 Å². The summed E-state index contributed by atoms with van der Waals surface area (Å²) in [5.41, 5.74) is 3.33. The van der Waals surface area contributed by atoms with E-state index in [-0.39, 0.29) is 5.97 Å². The second kappa shape index (κ2) is 5.93. The summed E-state index contributed by atoms with van der Waals surface area (Å²) in [5.74, 6) is -0.289. The van der Waals surface area contributed by atoms with Gasteiger partial charge in [0.2, 0.25) is 0 Å². The molecule has 0 aliphatic heterocycles. The van der Waals surface area contributed by atoms with E-state index >= 15 is 0 Å². The van der Waals surface area contributed by atoms with Crippen LogP contribution in [0, 0.1) is 6.92 Å². The molecule has 4 heteroatoms. The SMILES string of the molecule is CCOC(=O)c1c(Cc2ccccc2Cl)c[nH]c1C. The summed E-state index contributed by atoms with van der Waals surface area (Å²) >= 11 is 6.15. The first-order chi connectivity index (χ1) is 9.13. The van der Waals surface area contributed by atoms with Crippen molar-refractivity contribution in [1.29, 1.82) is 0 Å². The Morgan fingerprint density at radius 2 is 2.05 bits per heavy atom. The van der Waals surface area contributed by atoms with Gasteiger partial charge in [-0.3, -0.25) is 0 Å². The number of hydrogen-bond donors (Lipinski definition) is 1.